The lowest BCUT2D eigenvalue weighted by atomic mass is 10.2. The van der Waals surface area contributed by atoms with Gasteiger partial charge in [-0.15, -0.1) is 0 Å². The smallest absolute Gasteiger partial charge is 0.275 e. The third-order valence-electron chi connectivity index (χ3n) is 3.70. The Balaban J connectivity index is 1.42. The molecule has 2 aliphatic heterocycles. The molecule has 2 heterocycles. The fraction of sp³-hybridized carbons (Fsp3) is 0.533. The molecule has 0 aromatic heterocycles. The number of carbonyl (C=O) groups is 1. The average molecular weight is 293 g/mol. The summed E-state index contributed by atoms with van der Waals surface area (Å²) in [6.07, 6.45) is -0.136. The number of para-hydroxylation sites is 2. The number of benzene rings is 1. The Bertz CT molecular complexity index is 488. The predicted molar refractivity (Wildman–Crippen MR) is 75.7 cm³/mol. The normalized spacial score (nSPS) is 21.8. The zero-order valence-electron chi connectivity index (χ0n) is 12.0. The minimum absolute atomic E-state index is 0.0503. The molecule has 6 heteroatoms. The van der Waals surface area contributed by atoms with Crippen molar-refractivity contribution in [3.05, 3.63) is 24.3 Å². The standard InChI is InChI=1S/C15H20N2O4/c18-15(10-17-5-7-19-8-6-17)16-9-12-11-20-13-3-1-2-4-14(13)21-12/h1-4,12H,5-11H2,(H,16,18)/p+1/t12-/m1/s1. The van der Waals surface area contributed by atoms with E-state index in [0.29, 0.717) is 19.7 Å². The molecule has 0 unspecified atom stereocenters. The molecule has 2 aliphatic rings. The van der Waals surface area contributed by atoms with Gasteiger partial charge in [-0.2, -0.15) is 0 Å². The molecule has 21 heavy (non-hydrogen) atoms. The van der Waals surface area contributed by atoms with Gasteiger partial charge in [0.05, 0.1) is 19.8 Å². The molecule has 0 radical (unpaired) electrons. The summed E-state index contributed by atoms with van der Waals surface area (Å²) in [5.41, 5.74) is 0. The summed E-state index contributed by atoms with van der Waals surface area (Å²) in [5, 5.41) is 2.92. The van der Waals surface area contributed by atoms with Crippen LogP contribution in [0, 0.1) is 0 Å². The SMILES string of the molecule is O=C(C[NH+]1CCOCC1)NC[C@@H]1COc2ccccc2O1. The van der Waals surface area contributed by atoms with Crippen molar-refractivity contribution in [1.82, 2.24) is 5.32 Å². The average Bonchev–Trinajstić information content (AvgIpc) is 2.54. The van der Waals surface area contributed by atoms with Crippen LogP contribution in [-0.2, 0) is 9.53 Å². The minimum atomic E-state index is -0.136. The van der Waals surface area contributed by atoms with Gasteiger partial charge in [-0.1, -0.05) is 12.1 Å². The highest BCUT2D eigenvalue weighted by molar-refractivity contribution is 5.76. The summed E-state index contributed by atoms with van der Waals surface area (Å²) in [6.45, 7) is 4.68. The number of morpholine rings is 1. The molecule has 1 fully saturated rings. The molecule has 2 N–H and O–H groups in total. The van der Waals surface area contributed by atoms with E-state index in [4.69, 9.17) is 14.2 Å². The van der Waals surface area contributed by atoms with Crippen LogP contribution < -0.4 is 19.7 Å². The van der Waals surface area contributed by atoms with Crippen molar-refractivity contribution in [1.29, 1.82) is 0 Å². The van der Waals surface area contributed by atoms with Crippen LogP contribution in [0.3, 0.4) is 0 Å². The third kappa shape index (κ3) is 3.86. The van der Waals surface area contributed by atoms with Gasteiger partial charge in [-0.25, -0.2) is 0 Å². The van der Waals surface area contributed by atoms with Crippen molar-refractivity contribution in [2.24, 2.45) is 0 Å². The maximum atomic E-state index is 11.9. The van der Waals surface area contributed by atoms with Gasteiger partial charge in [0.25, 0.3) is 5.91 Å². The van der Waals surface area contributed by atoms with E-state index in [-0.39, 0.29) is 12.0 Å². The number of fused-ring (bicyclic) bond motifs is 1. The lowest BCUT2D eigenvalue weighted by Gasteiger charge is -2.27. The monoisotopic (exact) mass is 293 g/mol. The number of rotatable bonds is 4. The van der Waals surface area contributed by atoms with Crippen LogP contribution in [0.1, 0.15) is 0 Å². The maximum absolute atomic E-state index is 11.9. The Kier molecular flexibility index (Phi) is 4.57. The number of ether oxygens (including phenoxy) is 3. The van der Waals surface area contributed by atoms with Crippen LogP contribution >= 0.6 is 0 Å². The van der Waals surface area contributed by atoms with Crippen LogP contribution in [0.4, 0.5) is 0 Å². The highest BCUT2D eigenvalue weighted by atomic mass is 16.6. The number of hydrogen-bond donors (Lipinski definition) is 2. The molecule has 114 valence electrons. The molecule has 1 aromatic rings. The topological polar surface area (TPSA) is 61.2 Å². The van der Waals surface area contributed by atoms with Crippen molar-refractivity contribution in [2.75, 3.05) is 46.0 Å². The van der Waals surface area contributed by atoms with Crippen LogP contribution in [0.2, 0.25) is 0 Å². The number of amides is 1. The number of nitrogens with one attached hydrogen (secondary N) is 2. The summed E-state index contributed by atoms with van der Waals surface area (Å²) in [5.74, 6) is 1.55. The number of hydrogen-bond acceptors (Lipinski definition) is 4. The quantitative estimate of drug-likeness (QED) is 0.736. The van der Waals surface area contributed by atoms with Crippen molar-refractivity contribution in [2.45, 2.75) is 6.10 Å². The largest absolute Gasteiger partial charge is 0.486 e. The summed E-state index contributed by atoms with van der Waals surface area (Å²) in [6, 6.07) is 7.58. The highest BCUT2D eigenvalue weighted by Crippen LogP contribution is 2.30. The molecule has 1 saturated heterocycles. The molecule has 1 amide bonds. The second-order valence-electron chi connectivity index (χ2n) is 5.34. The van der Waals surface area contributed by atoms with Crippen molar-refractivity contribution >= 4 is 5.91 Å². The van der Waals surface area contributed by atoms with Gasteiger partial charge in [0.15, 0.2) is 18.0 Å². The van der Waals surface area contributed by atoms with Gasteiger partial charge in [-0.3, -0.25) is 4.79 Å². The number of quaternary nitrogens is 1. The van der Waals surface area contributed by atoms with Gasteiger partial charge in [0.1, 0.15) is 25.8 Å². The summed E-state index contributed by atoms with van der Waals surface area (Å²) in [4.78, 5) is 13.2. The Morgan fingerprint density at radius 1 is 1.24 bits per heavy atom. The first-order valence-electron chi connectivity index (χ1n) is 7.38. The van der Waals surface area contributed by atoms with Crippen LogP contribution in [0.5, 0.6) is 11.5 Å². The summed E-state index contributed by atoms with van der Waals surface area (Å²) >= 11 is 0. The summed E-state index contributed by atoms with van der Waals surface area (Å²) in [7, 11) is 0. The van der Waals surface area contributed by atoms with Crippen LogP contribution in [-0.4, -0.2) is 58.0 Å². The van der Waals surface area contributed by atoms with E-state index in [1.807, 2.05) is 24.3 Å². The fourth-order valence-corrected chi connectivity index (χ4v) is 2.52. The molecule has 0 bridgehead atoms. The van der Waals surface area contributed by atoms with Gasteiger partial charge < -0.3 is 24.4 Å². The first-order valence-corrected chi connectivity index (χ1v) is 7.38. The summed E-state index contributed by atoms with van der Waals surface area (Å²) < 4.78 is 16.7. The van der Waals surface area contributed by atoms with E-state index in [1.165, 1.54) is 4.90 Å². The van der Waals surface area contributed by atoms with Gasteiger partial charge in [0.2, 0.25) is 0 Å². The minimum Gasteiger partial charge on any atom is -0.486 e. The lowest BCUT2D eigenvalue weighted by molar-refractivity contribution is -0.900. The molecular formula is C15H21N2O4+. The van der Waals surface area contributed by atoms with Gasteiger partial charge in [-0.05, 0) is 12.1 Å². The maximum Gasteiger partial charge on any atom is 0.275 e. The highest BCUT2D eigenvalue weighted by Gasteiger charge is 2.22. The van der Waals surface area contributed by atoms with Gasteiger partial charge in [0, 0.05) is 0 Å². The van der Waals surface area contributed by atoms with Crippen molar-refractivity contribution < 1.29 is 23.9 Å². The Labute approximate surface area is 124 Å². The fourth-order valence-electron chi connectivity index (χ4n) is 2.52. The Morgan fingerprint density at radius 2 is 2.00 bits per heavy atom. The lowest BCUT2D eigenvalue weighted by Crippen LogP contribution is -3.15. The van der Waals surface area contributed by atoms with E-state index in [2.05, 4.69) is 5.32 Å². The Hall–Kier alpha value is -1.79. The second-order valence-corrected chi connectivity index (χ2v) is 5.34. The molecule has 0 spiro atoms. The van der Waals surface area contributed by atoms with Crippen LogP contribution in [0.25, 0.3) is 0 Å². The molecule has 0 aliphatic carbocycles. The second kappa shape index (κ2) is 6.78. The van der Waals surface area contributed by atoms with Crippen molar-refractivity contribution in [3.63, 3.8) is 0 Å². The van der Waals surface area contributed by atoms with E-state index in [9.17, 15) is 4.79 Å². The Morgan fingerprint density at radius 3 is 2.81 bits per heavy atom. The molecule has 1 atom stereocenters. The van der Waals surface area contributed by atoms with E-state index in [0.717, 1.165) is 37.8 Å². The first kappa shape index (κ1) is 14.2. The van der Waals surface area contributed by atoms with Gasteiger partial charge >= 0.3 is 0 Å². The molecule has 0 saturated carbocycles. The van der Waals surface area contributed by atoms with E-state index < -0.39 is 0 Å². The van der Waals surface area contributed by atoms with Crippen molar-refractivity contribution in [3.8, 4) is 11.5 Å². The molecular weight excluding hydrogens is 272 g/mol. The molecule has 6 nitrogen and oxygen atoms in total. The zero-order chi connectivity index (χ0) is 14.5. The first-order chi connectivity index (χ1) is 10.3. The van der Waals surface area contributed by atoms with E-state index >= 15 is 0 Å². The predicted octanol–water partition coefficient (Wildman–Crippen LogP) is -1.14. The number of carbonyl (C=O) groups excluding carboxylic acids is 1. The molecule has 1 aromatic carbocycles. The van der Waals surface area contributed by atoms with E-state index in [1.54, 1.807) is 0 Å². The van der Waals surface area contributed by atoms with Crippen LogP contribution in [0.15, 0.2) is 24.3 Å². The third-order valence-corrected chi connectivity index (χ3v) is 3.70. The zero-order valence-corrected chi connectivity index (χ0v) is 12.0. The molecule has 3 rings (SSSR count).